The van der Waals surface area contributed by atoms with Crippen molar-refractivity contribution >= 4 is 0 Å². The molecule has 20 heavy (non-hydrogen) atoms. The zero-order chi connectivity index (χ0) is 14.4. The molecule has 1 aliphatic heterocycles. The molecule has 0 saturated carbocycles. The van der Waals surface area contributed by atoms with Gasteiger partial charge in [-0.15, -0.1) is 0 Å². The van der Waals surface area contributed by atoms with Gasteiger partial charge in [0.2, 0.25) is 0 Å². The van der Waals surface area contributed by atoms with Crippen molar-refractivity contribution in [3.05, 3.63) is 29.3 Å². The number of aryl methyl sites for hydroxylation is 1. The average Bonchev–Trinajstić information content (AvgIpc) is 2.47. The second-order valence-electron chi connectivity index (χ2n) is 5.84. The fourth-order valence-electron chi connectivity index (χ4n) is 2.97. The summed E-state index contributed by atoms with van der Waals surface area (Å²) in [5.41, 5.74) is 2.63. The summed E-state index contributed by atoms with van der Waals surface area (Å²) in [6, 6.07) is 6.46. The Bertz CT molecular complexity index is 411. The molecule has 1 aromatic rings. The number of ether oxygens (including phenoxy) is 1. The van der Waals surface area contributed by atoms with Crippen molar-refractivity contribution in [3.8, 4) is 5.75 Å². The molecule has 1 N–H and O–H groups in total. The van der Waals surface area contributed by atoms with Gasteiger partial charge in [-0.2, -0.15) is 0 Å². The van der Waals surface area contributed by atoms with Crippen LogP contribution in [0.15, 0.2) is 18.2 Å². The molecular formula is C17H28N2O. The zero-order valence-corrected chi connectivity index (χ0v) is 13.1. The van der Waals surface area contributed by atoms with Crippen molar-refractivity contribution in [2.75, 3.05) is 33.3 Å². The Morgan fingerprint density at radius 1 is 1.30 bits per heavy atom. The maximum atomic E-state index is 5.48. The molecule has 1 heterocycles. The van der Waals surface area contributed by atoms with Crippen LogP contribution in [0.25, 0.3) is 0 Å². The molecule has 1 aliphatic rings. The highest BCUT2D eigenvalue weighted by Gasteiger charge is 2.19. The second kappa shape index (κ2) is 7.65. The average molecular weight is 276 g/mol. The van der Waals surface area contributed by atoms with E-state index in [2.05, 4.69) is 42.3 Å². The van der Waals surface area contributed by atoms with Crippen LogP contribution in [0.2, 0.25) is 0 Å². The van der Waals surface area contributed by atoms with Gasteiger partial charge in [-0.3, -0.25) is 4.90 Å². The van der Waals surface area contributed by atoms with Gasteiger partial charge in [0, 0.05) is 12.1 Å². The first kappa shape index (κ1) is 15.3. The van der Waals surface area contributed by atoms with Crippen LogP contribution >= 0.6 is 0 Å². The molecule has 0 radical (unpaired) electrons. The van der Waals surface area contributed by atoms with Crippen LogP contribution in [-0.4, -0.2) is 38.2 Å². The lowest BCUT2D eigenvalue weighted by Gasteiger charge is -2.32. The number of hydrogen-bond acceptors (Lipinski definition) is 3. The Balaban J connectivity index is 1.87. The van der Waals surface area contributed by atoms with E-state index < -0.39 is 0 Å². The minimum Gasteiger partial charge on any atom is -0.496 e. The fourth-order valence-corrected chi connectivity index (χ4v) is 2.97. The number of nitrogens with zero attached hydrogens (tertiary/aromatic N) is 1. The van der Waals surface area contributed by atoms with Crippen molar-refractivity contribution in [2.45, 2.75) is 33.2 Å². The van der Waals surface area contributed by atoms with Gasteiger partial charge in [0.05, 0.1) is 7.11 Å². The monoisotopic (exact) mass is 276 g/mol. The number of hydrogen-bond donors (Lipinski definition) is 1. The Hall–Kier alpha value is -1.06. The van der Waals surface area contributed by atoms with E-state index in [0.717, 1.165) is 24.8 Å². The van der Waals surface area contributed by atoms with Gasteiger partial charge >= 0.3 is 0 Å². The number of methoxy groups -OCH3 is 1. The van der Waals surface area contributed by atoms with Crippen molar-refractivity contribution in [1.29, 1.82) is 0 Å². The third-order valence-electron chi connectivity index (χ3n) is 4.22. The molecule has 0 atom stereocenters. The molecule has 2 rings (SSSR count). The molecule has 1 saturated heterocycles. The Kier molecular flexibility index (Phi) is 5.86. The molecule has 3 nitrogen and oxygen atoms in total. The van der Waals surface area contributed by atoms with Gasteiger partial charge in [-0.25, -0.2) is 0 Å². The lowest BCUT2D eigenvalue weighted by atomic mass is 9.96. The standard InChI is InChI=1S/C17H28N2O/c1-4-18-12-15-7-9-19(10-8-15)13-16-11-14(2)5-6-17(16)20-3/h5-6,11,15,18H,4,7-10,12-13H2,1-3H3. The number of benzene rings is 1. The van der Waals surface area contributed by atoms with E-state index in [9.17, 15) is 0 Å². The molecule has 0 unspecified atom stereocenters. The summed E-state index contributed by atoms with van der Waals surface area (Å²) in [5, 5.41) is 3.47. The van der Waals surface area contributed by atoms with Gasteiger partial charge in [-0.1, -0.05) is 24.6 Å². The molecule has 112 valence electrons. The summed E-state index contributed by atoms with van der Waals surface area (Å²) in [5.74, 6) is 1.87. The van der Waals surface area contributed by atoms with E-state index >= 15 is 0 Å². The van der Waals surface area contributed by atoms with Crippen LogP contribution in [0, 0.1) is 12.8 Å². The number of nitrogens with one attached hydrogen (secondary N) is 1. The van der Waals surface area contributed by atoms with Gasteiger partial charge in [0.25, 0.3) is 0 Å². The summed E-state index contributed by atoms with van der Waals surface area (Å²) in [7, 11) is 1.76. The van der Waals surface area contributed by atoms with Crippen molar-refractivity contribution < 1.29 is 4.74 Å². The summed E-state index contributed by atoms with van der Waals surface area (Å²) in [6.45, 7) is 10.0. The summed E-state index contributed by atoms with van der Waals surface area (Å²) >= 11 is 0. The van der Waals surface area contributed by atoms with Gasteiger partial charge in [0.15, 0.2) is 0 Å². The maximum absolute atomic E-state index is 5.48. The molecule has 0 aliphatic carbocycles. The van der Waals surface area contributed by atoms with Crippen LogP contribution in [-0.2, 0) is 6.54 Å². The highest BCUT2D eigenvalue weighted by molar-refractivity contribution is 5.36. The molecule has 1 aromatic carbocycles. The Morgan fingerprint density at radius 2 is 2.05 bits per heavy atom. The first-order valence-corrected chi connectivity index (χ1v) is 7.79. The Labute approximate surface area is 123 Å². The third kappa shape index (κ3) is 4.22. The van der Waals surface area contributed by atoms with Crippen molar-refractivity contribution in [1.82, 2.24) is 10.2 Å². The van der Waals surface area contributed by atoms with Crippen LogP contribution in [0.5, 0.6) is 5.75 Å². The molecule has 0 spiro atoms. The fraction of sp³-hybridized carbons (Fsp3) is 0.647. The second-order valence-corrected chi connectivity index (χ2v) is 5.84. The summed E-state index contributed by atoms with van der Waals surface area (Å²) in [6.07, 6.45) is 2.61. The van der Waals surface area contributed by atoms with E-state index in [1.807, 2.05) is 0 Å². The van der Waals surface area contributed by atoms with E-state index in [1.165, 1.54) is 43.6 Å². The van der Waals surface area contributed by atoms with Crippen LogP contribution in [0.3, 0.4) is 0 Å². The summed E-state index contributed by atoms with van der Waals surface area (Å²) in [4.78, 5) is 2.56. The highest BCUT2D eigenvalue weighted by atomic mass is 16.5. The first-order valence-electron chi connectivity index (χ1n) is 7.79. The molecule has 0 aromatic heterocycles. The minimum atomic E-state index is 0.852. The zero-order valence-electron chi connectivity index (χ0n) is 13.1. The topological polar surface area (TPSA) is 24.5 Å². The smallest absolute Gasteiger partial charge is 0.123 e. The molecule has 0 amide bonds. The number of piperidine rings is 1. The molecule has 0 bridgehead atoms. The number of likely N-dealkylation sites (tertiary alicyclic amines) is 1. The summed E-state index contributed by atoms with van der Waals surface area (Å²) < 4.78 is 5.48. The quantitative estimate of drug-likeness (QED) is 0.864. The van der Waals surface area contributed by atoms with Gasteiger partial charge in [-0.05, 0) is 57.9 Å². The molecule has 3 heteroatoms. The van der Waals surface area contributed by atoms with E-state index in [0.29, 0.717) is 0 Å². The molecule has 1 fully saturated rings. The predicted octanol–water partition coefficient (Wildman–Crippen LogP) is 2.83. The van der Waals surface area contributed by atoms with Crippen LogP contribution in [0.1, 0.15) is 30.9 Å². The first-order chi connectivity index (χ1) is 9.72. The van der Waals surface area contributed by atoms with Crippen molar-refractivity contribution in [2.24, 2.45) is 5.92 Å². The van der Waals surface area contributed by atoms with Crippen LogP contribution in [0.4, 0.5) is 0 Å². The van der Waals surface area contributed by atoms with Gasteiger partial charge in [0.1, 0.15) is 5.75 Å². The maximum Gasteiger partial charge on any atom is 0.123 e. The molecular weight excluding hydrogens is 248 g/mol. The lowest BCUT2D eigenvalue weighted by Crippen LogP contribution is -2.36. The van der Waals surface area contributed by atoms with Gasteiger partial charge < -0.3 is 10.1 Å². The third-order valence-corrected chi connectivity index (χ3v) is 4.22. The minimum absolute atomic E-state index is 0.852. The highest BCUT2D eigenvalue weighted by Crippen LogP contribution is 2.24. The Morgan fingerprint density at radius 3 is 2.70 bits per heavy atom. The van der Waals surface area contributed by atoms with E-state index in [4.69, 9.17) is 4.74 Å². The largest absolute Gasteiger partial charge is 0.496 e. The number of rotatable bonds is 6. The lowest BCUT2D eigenvalue weighted by molar-refractivity contribution is 0.174. The van der Waals surface area contributed by atoms with Crippen LogP contribution < -0.4 is 10.1 Å². The SMILES string of the molecule is CCNCC1CCN(Cc2cc(C)ccc2OC)CC1. The predicted molar refractivity (Wildman–Crippen MR) is 84.3 cm³/mol. The normalized spacial score (nSPS) is 17.4. The van der Waals surface area contributed by atoms with E-state index in [-0.39, 0.29) is 0 Å². The van der Waals surface area contributed by atoms with Crippen molar-refractivity contribution in [3.63, 3.8) is 0 Å². The van der Waals surface area contributed by atoms with E-state index in [1.54, 1.807) is 7.11 Å².